The highest BCUT2D eigenvalue weighted by Gasteiger charge is 2.18. The van der Waals surface area contributed by atoms with E-state index in [1.165, 1.54) is 12.0 Å². The first-order chi connectivity index (χ1) is 7.41. The van der Waals surface area contributed by atoms with Crippen LogP contribution < -0.4 is 0 Å². The van der Waals surface area contributed by atoms with Gasteiger partial charge in [-0.25, -0.2) is 0 Å². The van der Waals surface area contributed by atoms with Crippen molar-refractivity contribution in [1.29, 1.82) is 0 Å². The van der Waals surface area contributed by atoms with Crippen molar-refractivity contribution in [2.75, 3.05) is 0 Å². The molecule has 94 valence electrons. The Kier molecular flexibility index (Phi) is 10.4. The van der Waals surface area contributed by atoms with Crippen LogP contribution in [-0.2, 0) is 0 Å². The molecule has 0 atom stereocenters. The standard InChI is InChI=1S/C10H16.C4H8.C2H6/c1-8-5-6-9(7-8)10(2,3)4;1-3-4-2;1-2/h5-6H,7H2,1-4H3;3-4H,1-2H3;1-2H3/b;4-3+;. The summed E-state index contributed by atoms with van der Waals surface area (Å²) in [6.07, 6.45) is 9.67. The van der Waals surface area contributed by atoms with E-state index in [0.717, 1.165) is 0 Å². The number of allylic oxidation sites excluding steroid dienone is 6. The van der Waals surface area contributed by atoms with E-state index in [0.29, 0.717) is 5.41 Å². The Morgan fingerprint density at radius 1 is 1.00 bits per heavy atom. The quantitative estimate of drug-likeness (QED) is 0.446. The summed E-state index contributed by atoms with van der Waals surface area (Å²) < 4.78 is 0. The molecule has 0 N–H and O–H groups in total. The largest absolute Gasteiger partial charge is 0.0919 e. The first kappa shape index (κ1) is 17.6. The van der Waals surface area contributed by atoms with E-state index in [9.17, 15) is 0 Å². The molecule has 0 bridgehead atoms. The summed E-state index contributed by atoms with van der Waals surface area (Å²) in [6, 6.07) is 0. The Hall–Kier alpha value is -0.780. The highest BCUT2D eigenvalue weighted by molar-refractivity contribution is 5.32. The molecule has 1 aliphatic rings. The molecular weight excluding hydrogens is 192 g/mol. The summed E-state index contributed by atoms with van der Waals surface area (Å²) in [5.74, 6) is 0. The molecule has 0 spiro atoms. The molecule has 0 aromatic rings. The normalized spacial score (nSPS) is 14.5. The maximum Gasteiger partial charge on any atom is -0.00997 e. The van der Waals surface area contributed by atoms with Crippen LogP contribution in [0, 0.1) is 5.41 Å². The number of rotatable bonds is 0. The lowest BCUT2D eigenvalue weighted by molar-refractivity contribution is 0.494. The second-order valence-corrected chi connectivity index (χ2v) is 4.80. The zero-order chi connectivity index (χ0) is 13.2. The van der Waals surface area contributed by atoms with Crippen molar-refractivity contribution in [2.24, 2.45) is 5.41 Å². The van der Waals surface area contributed by atoms with Gasteiger partial charge in [0.2, 0.25) is 0 Å². The Labute approximate surface area is 103 Å². The minimum atomic E-state index is 0.369. The summed E-state index contributed by atoms with van der Waals surface area (Å²) >= 11 is 0. The van der Waals surface area contributed by atoms with E-state index >= 15 is 0 Å². The average molecular weight is 222 g/mol. The zero-order valence-electron chi connectivity index (χ0n) is 12.5. The summed E-state index contributed by atoms with van der Waals surface area (Å²) in [5.41, 5.74) is 3.42. The Morgan fingerprint density at radius 3 is 1.56 bits per heavy atom. The van der Waals surface area contributed by atoms with Gasteiger partial charge in [0.25, 0.3) is 0 Å². The van der Waals surface area contributed by atoms with Crippen LogP contribution in [-0.4, -0.2) is 0 Å². The van der Waals surface area contributed by atoms with Gasteiger partial charge in [0, 0.05) is 0 Å². The molecule has 0 nitrogen and oxygen atoms in total. The monoisotopic (exact) mass is 222 g/mol. The Bertz CT molecular complexity index is 240. The second kappa shape index (κ2) is 9.45. The number of hydrogen-bond donors (Lipinski definition) is 0. The third-order valence-corrected chi connectivity index (χ3v) is 2.34. The summed E-state index contributed by atoms with van der Waals surface area (Å²) in [6.45, 7) is 17.0. The van der Waals surface area contributed by atoms with E-state index < -0.39 is 0 Å². The summed E-state index contributed by atoms with van der Waals surface area (Å²) in [5, 5.41) is 0. The first-order valence-electron chi connectivity index (χ1n) is 6.36. The van der Waals surface area contributed by atoms with Crippen molar-refractivity contribution in [3.8, 4) is 0 Å². The second-order valence-electron chi connectivity index (χ2n) is 4.80. The molecule has 0 radical (unpaired) electrons. The molecule has 0 aliphatic heterocycles. The van der Waals surface area contributed by atoms with Crippen LogP contribution in [0.1, 0.15) is 61.8 Å². The van der Waals surface area contributed by atoms with Crippen LogP contribution in [0.25, 0.3) is 0 Å². The summed E-state index contributed by atoms with van der Waals surface area (Å²) in [7, 11) is 0. The molecule has 0 heteroatoms. The van der Waals surface area contributed by atoms with Crippen LogP contribution in [0.15, 0.2) is 35.5 Å². The van der Waals surface area contributed by atoms with Crippen LogP contribution in [0.3, 0.4) is 0 Å². The van der Waals surface area contributed by atoms with Crippen molar-refractivity contribution >= 4 is 0 Å². The third-order valence-electron chi connectivity index (χ3n) is 2.34. The highest BCUT2D eigenvalue weighted by Crippen LogP contribution is 2.33. The Balaban J connectivity index is 0. The lowest BCUT2D eigenvalue weighted by Crippen LogP contribution is -2.07. The van der Waals surface area contributed by atoms with E-state index in [1.54, 1.807) is 5.57 Å². The fourth-order valence-electron chi connectivity index (χ4n) is 1.18. The Morgan fingerprint density at radius 2 is 1.44 bits per heavy atom. The molecule has 1 aliphatic carbocycles. The molecule has 1 rings (SSSR count). The van der Waals surface area contributed by atoms with Crippen LogP contribution in [0.2, 0.25) is 0 Å². The molecular formula is C16H30. The van der Waals surface area contributed by atoms with Gasteiger partial charge in [-0.1, -0.05) is 70.1 Å². The lowest BCUT2D eigenvalue weighted by Gasteiger charge is -2.20. The van der Waals surface area contributed by atoms with Crippen LogP contribution in [0.4, 0.5) is 0 Å². The topological polar surface area (TPSA) is 0 Å². The maximum absolute atomic E-state index is 2.27. The van der Waals surface area contributed by atoms with E-state index in [4.69, 9.17) is 0 Å². The molecule has 0 aromatic heterocycles. The highest BCUT2D eigenvalue weighted by atomic mass is 14.2. The van der Waals surface area contributed by atoms with E-state index in [2.05, 4.69) is 39.8 Å². The van der Waals surface area contributed by atoms with Gasteiger partial charge in [-0.05, 0) is 32.6 Å². The van der Waals surface area contributed by atoms with E-state index in [1.807, 2.05) is 39.8 Å². The maximum atomic E-state index is 2.27. The van der Waals surface area contributed by atoms with Gasteiger partial charge < -0.3 is 0 Å². The van der Waals surface area contributed by atoms with Crippen molar-refractivity contribution in [2.45, 2.75) is 61.8 Å². The van der Waals surface area contributed by atoms with Crippen LogP contribution >= 0.6 is 0 Å². The lowest BCUT2D eigenvalue weighted by atomic mass is 9.85. The van der Waals surface area contributed by atoms with Gasteiger partial charge >= 0.3 is 0 Å². The molecule has 0 amide bonds. The van der Waals surface area contributed by atoms with Gasteiger partial charge in [-0.15, -0.1) is 0 Å². The fraction of sp³-hybridized carbons (Fsp3) is 0.625. The van der Waals surface area contributed by atoms with E-state index in [-0.39, 0.29) is 0 Å². The van der Waals surface area contributed by atoms with Gasteiger partial charge in [-0.2, -0.15) is 0 Å². The average Bonchev–Trinajstić information content (AvgIpc) is 2.68. The van der Waals surface area contributed by atoms with Crippen molar-refractivity contribution in [3.05, 3.63) is 35.5 Å². The minimum Gasteiger partial charge on any atom is -0.0919 e. The fourth-order valence-corrected chi connectivity index (χ4v) is 1.18. The van der Waals surface area contributed by atoms with Gasteiger partial charge in [0.1, 0.15) is 0 Å². The van der Waals surface area contributed by atoms with Crippen molar-refractivity contribution in [1.82, 2.24) is 0 Å². The molecule has 0 aromatic carbocycles. The number of hydrogen-bond acceptors (Lipinski definition) is 0. The zero-order valence-corrected chi connectivity index (χ0v) is 12.5. The molecule has 0 fully saturated rings. The third kappa shape index (κ3) is 8.52. The molecule has 0 saturated carbocycles. The molecule has 0 saturated heterocycles. The van der Waals surface area contributed by atoms with Crippen molar-refractivity contribution < 1.29 is 0 Å². The predicted octanol–water partition coefficient (Wildman–Crippen LogP) is 5.92. The molecule has 0 unspecified atom stereocenters. The molecule has 16 heavy (non-hydrogen) atoms. The van der Waals surface area contributed by atoms with Crippen LogP contribution in [0.5, 0.6) is 0 Å². The van der Waals surface area contributed by atoms with Gasteiger partial charge in [-0.3, -0.25) is 0 Å². The minimum absolute atomic E-state index is 0.369. The van der Waals surface area contributed by atoms with Gasteiger partial charge in [0.15, 0.2) is 0 Å². The van der Waals surface area contributed by atoms with Gasteiger partial charge in [0.05, 0.1) is 0 Å². The predicted molar refractivity (Wildman–Crippen MR) is 77.7 cm³/mol. The smallest absolute Gasteiger partial charge is 0.00997 e. The van der Waals surface area contributed by atoms with Crippen molar-refractivity contribution in [3.63, 3.8) is 0 Å². The first-order valence-corrected chi connectivity index (χ1v) is 6.36. The molecule has 0 heterocycles. The SMILES string of the molecule is C/C=C/C.CC.CC1=CC=C(C(C)(C)C)C1. The summed E-state index contributed by atoms with van der Waals surface area (Å²) in [4.78, 5) is 0.